The fourth-order valence-corrected chi connectivity index (χ4v) is 2.43. The van der Waals surface area contributed by atoms with Gasteiger partial charge < -0.3 is 10.2 Å². The lowest BCUT2D eigenvalue weighted by Gasteiger charge is -2.25. The van der Waals surface area contributed by atoms with Gasteiger partial charge in [-0.1, -0.05) is 53.7 Å². The summed E-state index contributed by atoms with van der Waals surface area (Å²) in [6, 6.07) is 11.4. The molecule has 2 aromatic carbocycles. The minimum atomic E-state index is 0.0821. The van der Waals surface area contributed by atoms with Gasteiger partial charge in [0.25, 0.3) is 0 Å². The molecule has 0 aliphatic rings. The molecule has 0 aliphatic heterocycles. The molecule has 2 aromatic rings. The second kappa shape index (κ2) is 7.29. The lowest BCUT2D eigenvalue weighted by atomic mass is 9.80. The second-order valence-corrected chi connectivity index (χ2v) is 8.61. The zero-order valence-electron chi connectivity index (χ0n) is 16.4. The molecule has 2 N–H and O–H groups in total. The van der Waals surface area contributed by atoms with E-state index in [2.05, 4.69) is 47.6 Å². The van der Waals surface area contributed by atoms with E-state index in [9.17, 15) is 5.11 Å². The largest absolute Gasteiger partial charge is 0.508 e. The van der Waals surface area contributed by atoms with Crippen molar-refractivity contribution in [1.29, 1.82) is 0 Å². The topological polar surface area (TPSA) is 40.5 Å². The van der Waals surface area contributed by atoms with E-state index in [0.717, 1.165) is 11.1 Å². The number of hydrogen-bond donors (Lipinski definition) is 2. The summed E-state index contributed by atoms with van der Waals surface area (Å²) in [5, 5.41) is 18.7. The van der Waals surface area contributed by atoms with Crippen LogP contribution in [0.2, 0.25) is 0 Å². The average Bonchev–Trinajstić information content (AvgIpc) is 2.34. The summed E-state index contributed by atoms with van der Waals surface area (Å²) in [5.41, 5.74) is 4.75. The summed E-state index contributed by atoms with van der Waals surface area (Å²) in [5.74, 6) is 0.722. The lowest BCUT2D eigenvalue weighted by Crippen LogP contribution is -2.15. The van der Waals surface area contributed by atoms with E-state index < -0.39 is 0 Å². The molecule has 0 radical (unpaired) electrons. The van der Waals surface area contributed by atoms with Crippen LogP contribution in [0.3, 0.4) is 0 Å². The highest BCUT2D eigenvalue weighted by atomic mass is 16.3. The molecule has 0 unspecified atom stereocenters. The first-order valence-electron chi connectivity index (χ1n) is 8.41. The van der Waals surface area contributed by atoms with Crippen LogP contribution in [0, 0.1) is 13.8 Å². The summed E-state index contributed by atoms with van der Waals surface area (Å²) in [6.45, 7) is 16.9. The number of phenolic OH excluding ortho intramolecular Hbond substituents is 2. The summed E-state index contributed by atoms with van der Waals surface area (Å²) >= 11 is 0. The van der Waals surface area contributed by atoms with Gasteiger partial charge in [0, 0.05) is 0 Å². The number of phenols is 2. The van der Waals surface area contributed by atoms with Crippen LogP contribution in [0.4, 0.5) is 0 Å². The van der Waals surface area contributed by atoms with E-state index >= 15 is 0 Å². The van der Waals surface area contributed by atoms with Crippen LogP contribution < -0.4 is 0 Å². The van der Waals surface area contributed by atoms with Crippen LogP contribution >= 0.6 is 0 Å². The Kier molecular flexibility index (Phi) is 6.10. The molecule has 132 valence electrons. The maximum absolute atomic E-state index is 9.72. The van der Waals surface area contributed by atoms with Crippen LogP contribution in [-0.4, -0.2) is 10.2 Å². The maximum Gasteiger partial charge on any atom is 0.116 e. The van der Waals surface area contributed by atoms with Crippen LogP contribution in [0.25, 0.3) is 0 Å². The monoisotopic (exact) mass is 328 g/mol. The van der Waals surface area contributed by atoms with Gasteiger partial charge in [-0.2, -0.15) is 0 Å². The van der Waals surface area contributed by atoms with Gasteiger partial charge >= 0.3 is 0 Å². The van der Waals surface area contributed by atoms with Gasteiger partial charge in [-0.3, -0.25) is 0 Å². The maximum atomic E-state index is 9.72. The van der Waals surface area contributed by atoms with Gasteiger partial charge in [0.1, 0.15) is 11.5 Å². The second-order valence-electron chi connectivity index (χ2n) is 8.61. The lowest BCUT2D eigenvalue weighted by molar-refractivity contribution is 0.465. The van der Waals surface area contributed by atoms with Crippen LogP contribution in [0.15, 0.2) is 36.4 Å². The molecule has 0 atom stereocenters. The zero-order valence-corrected chi connectivity index (χ0v) is 16.4. The van der Waals surface area contributed by atoms with Crippen molar-refractivity contribution in [3.05, 3.63) is 58.7 Å². The number of aryl methyl sites for hydroxylation is 2. The molecule has 0 heterocycles. The highest BCUT2D eigenvalue weighted by Gasteiger charge is 2.20. The van der Waals surface area contributed by atoms with E-state index in [-0.39, 0.29) is 10.8 Å². The van der Waals surface area contributed by atoms with Gasteiger partial charge in [0.2, 0.25) is 0 Å². The van der Waals surface area contributed by atoms with Crippen molar-refractivity contribution >= 4 is 0 Å². The van der Waals surface area contributed by atoms with Crippen molar-refractivity contribution in [3.8, 4) is 11.5 Å². The quantitative estimate of drug-likeness (QED) is 0.623. The summed E-state index contributed by atoms with van der Waals surface area (Å²) < 4.78 is 0. The first-order chi connectivity index (χ1) is 10.8. The number of hydrogen-bond acceptors (Lipinski definition) is 2. The molecular weight excluding hydrogens is 296 g/mol. The Labute approximate surface area is 147 Å². The fourth-order valence-electron chi connectivity index (χ4n) is 2.43. The predicted molar refractivity (Wildman–Crippen MR) is 103 cm³/mol. The Morgan fingerprint density at radius 3 is 1.17 bits per heavy atom. The van der Waals surface area contributed by atoms with Crippen LogP contribution in [0.1, 0.15) is 63.8 Å². The molecule has 24 heavy (non-hydrogen) atoms. The molecule has 2 heteroatoms. The molecule has 0 bridgehead atoms. The summed E-state index contributed by atoms with van der Waals surface area (Å²) in [4.78, 5) is 0. The third kappa shape index (κ3) is 6.27. The smallest absolute Gasteiger partial charge is 0.116 e. The third-order valence-electron chi connectivity index (χ3n) is 3.86. The Morgan fingerprint density at radius 2 is 0.875 bits per heavy atom. The summed E-state index contributed by atoms with van der Waals surface area (Å²) in [7, 11) is 0. The van der Waals surface area contributed by atoms with Crippen molar-refractivity contribution < 1.29 is 10.2 Å². The average molecular weight is 328 g/mol. The van der Waals surface area contributed by atoms with E-state index in [1.165, 1.54) is 11.1 Å². The van der Waals surface area contributed by atoms with Crippen molar-refractivity contribution in [2.24, 2.45) is 0 Å². The summed E-state index contributed by atoms with van der Waals surface area (Å²) in [6.07, 6.45) is 0. The Hall–Kier alpha value is -1.96. The van der Waals surface area contributed by atoms with E-state index in [1.54, 1.807) is 12.1 Å². The van der Waals surface area contributed by atoms with E-state index in [4.69, 9.17) is 5.11 Å². The van der Waals surface area contributed by atoms with Gasteiger partial charge in [-0.25, -0.2) is 0 Å². The first kappa shape index (κ1) is 20.1. The molecule has 0 fully saturated rings. The Morgan fingerprint density at radius 1 is 0.542 bits per heavy atom. The van der Waals surface area contributed by atoms with Crippen molar-refractivity contribution in [1.82, 2.24) is 0 Å². The zero-order chi connectivity index (χ0) is 18.7. The molecule has 2 rings (SSSR count). The molecule has 0 aromatic heterocycles. The van der Waals surface area contributed by atoms with Crippen molar-refractivity contribution in [2.75, 3.05) is 0 Å². The third-order valence-corrected chi connectivity index (χ3v) is 3.86. The number of rotatable bonds is 0. The first-order valence-corrected chi connectivity index (χ1v) is 8.41. The van der Waals surface area contributed by atoms with Gasteiger partial charge in [-0.05, 0) is 71.2 Å². The molecule has 0 amide bonds. The fraction of sp³-hybridized carbons (Fsp3) is 0.455. The molecular formula is C22H32O2. The Balaban J connectivity index is 0.000000272. The van der Waals surface area contributed by atoms with Crippen LogP contribution in [-0.2, 0) is 10.8 Å². The van der Waals surface area contributed by atoms with Crippen molar-refractivity contribution in [2.45, 2.75) is 66.2 Å². The number of benzene rings is 2. The van der Waals surface area contributed by atoms with Crippen LogP contribution in [0.5, 0.6) is 11.5 Å². The SMILES string of the molecule is CC(C)(C)c1cc(O)cc(C(C)(C)C)c1.Cc1cc(C)cc(O)c1. The van der Waals surface area contributed by atoms with E-state index in [0.29, 0.717) is 11.5 Å². The van der Waals surface area contributed by atoms with Gasteiger partial charge in [-0.15, -0.1) is 0 Å². The van der Waals surface area contributed by atoms with E-state index in [1.807, 2.05) is 32.0 Å². The van der Waals surface area contributed by atoms with Gasteiger partial charge in [0.15, 0.2) is 0 Å². The highest BCUT2D eigenvalue weighted by Crippen LogP contribution is 2.32. The minimum absolute atomic E-state index is 0.0821. The predicted octanol–water partition coefficient (Wildman–Crippen LogP) is 6.00. The molecule has 0 aliphatic carbocycles. The normalized spacial score (nSPS) is 11.7. The molecule has 0 spiro atoms. The standard InChI is InChI=1S/C14H22O.C8H10O/c1-13(2,3)10-7-11(14(4,5)6)9-12(15)8-10;1-6-3-7(2)5-8(9)4-6/h7-9,15H,1-6H3;3-5,9H,1-2H3. The highest BCUT2D eigenvalue weighted by molar-refractivity contribution is 5.39. The Bertz CT molecular complexity index is 603. The molecule has 0 saturated carbocycles. The number of aromatic hydroxyl groups is 2. The van der Waals surface area contributed by atoms with Gasteiger partial charge in [0.05, 0.1) is 0 Å². The van der Waals surface area contributed by atoms with Crippen molar-refractivity contribution in [3.63, 3.8) is 0 Å². The molecule has 0 saturated heterocycles. The minimum Gasteiger partial charge on any atom is -0.508 e. The molecule has 2 nitrogen and oxygen atoms in total.